The van der Waals surface area contributed by atoms with Crippen LogP contribution in [-0.4, -0.2) is 316 Å². The van der Waals surface area contributed by atoms with E-state index < -0.39 is 84.8 Å². The summed E-state index contributed by atoms with van der Waals surface area (Å²) >= 11 is 0. The van der Waals surface area contributed by atoms with Gasteiger partial charge in [0.25, 0.3) is 5.56 Å². The number of urea groups is 2. The highest BCUT2D eigenvalue weighted by Crippen LogP contribution is 2.13. The van der Waals surface area contributed by atoms with Crippen molar-refractivity contribution in [1.82, 2.24) is 63.1 Å². The smallest absolute Gasteiger partial charge is 0.407 e. The van der Waals surface area contributed by atoms with E-state index in [-0.39, 0.29) is 101 Å². The fraction of sp³-hybridized carbons (Fsp3) is 0.738. The lowest BCUT2D eigenvalue weighted by Gasteiger charge is -2.26. The number of aryl methyl sites for hydroxylation is 1. The third-order valence-corrected chi connectivity index (χ3v) is 17.8. The number of carbonyl (C=O) groups excluding carboxylic acids is 9. The van der Waals surface area contributed by atoms with Gasteiger partial charge in [-0.05, 0) is 70.3 Å². The number of unbranched alkanes of at least 4 members (excludes halogenated alkanes) is 13. The summed E-state index contributed by atoms with van der Waals surface area (Å²) in [6.07, 6.45) is 14.3. The van der Waals surface area contributed by atoms with Crippen LogP contribution in [0.25, 0.3) is 0 Å². The summed E-state index contributed by atoms with van der Waals surface area (Å²) in [7, 11) is 0. The first-order valence-electron chi connectivity index (χ1n) is 42.4. The number of nitrogens with two attached hydrogens (primary N) is 2. The van der Waals surface area contributed by atoms with Crippen LogP contribution in [0.2, 0.25) is 0 Å². The molecule has 1 fully saturated rings. The zero-order valence-electron chi connectivity index (χ0n) is 70.8. The Morgan fingerprint density at radius 3 is 1.27 bits per heavy atom. The van der Waals surface area contributed by atoms with Crippen molar-refractivity contribution in [3.8, 4) is 0 Å². The number of aromatic amines is 1. The Balaban J connectivity index is 0.999. The molecule has 0 aliphatic carbocycles. The van der Waals surface area contributed by atoms with E-state index in [1.807, 2.05) is 0 Å². The number of H-pyrrole nitrogens is 1. The maximum atomic E-state index is 14.0. The number of hydrogen-bond acceptors (Lipinski definition) is 26. The number of benzene rings is 1. The lowest BCUT2D eigenvalue weighted by Crippen LogP contribution is -2.58. The van der Waals surface area contributed by atoms with Crippen molar-refractivity contribution in [3.05, 3.63) is 58.0 Å². The molecule has 2 aromatic rings. The quantitative estimate of drug-likeness (QED) is 0.0253. The Kier molecular flexibility index (Phi) is 64.7. The third-order valence-electron chi connectivity index (χ3n) is 17.8. The van der Waals surface area contributed by atoms with E-state index >= 15 is 0 Å². The average molecular weight is 1720 g/mol. The predicted octanol–water partition coefficient (Wildman–Crippen LogP) is 1.40. The number of aromatic nitrogens is 2. The first-order valence-corrected chi connectivity index (χ1v) is 42.4. The molecule has 3 rings (SSSR count). The maximum absolute atomic E-state index is 14.0. The minimum absolute atomic E-state index is 0.0232. The number of ether oxygens (including phenoxy) is 13. The van der Waals surface area contributed by atoms with Crippen LogP contribution in [0.3, 0.4) is 0 Å². The van der Waals surface area contributed by atoms with Crippen LogP contribution in [0.5, 0.6) is 0 Å². The molecule has 0 bridgehead atoms. The van der Waals surface area contributed by atoms with Crippen LogP contribution in [0, 0.1) is 6.92 Å². The fourth-order valence-corrected chi connectivity index (χ4v) is 11.5. The number of carboxylic acids is 1. The van der Waals surface area contributed by atoms with Crippen molar-refractivity contribution in [2.24, 2.45) is 16.5 Å². The number of amides is 11. The van der Waals surface area contributed by atoms with Crippen molar-refractivity contribution < 1.29 is 115 Å². The van der Waals surface area contributed by atoms with Crippen molar-refractivity contribution in [3.63, 3.8) is 0 Å². The zero-order chi connectivity index (χ0) is 87.5. The lowest BCUT2D eigenvalue weighted by molar-refractivity contribution is -0.141. The molecule has 1 saturated heterocycles. The van der Waals surface area contributed by atoms with Gasteiger partial charge >= 0.3 is 24.1 Å². The molecule has 0 spiro atoms. The summed E-state index contributed by atoms with van der Waals surface area (Å²) in [5.74, 6) is -5.90. The molecule has 0 saturated carbocycles. The van der Waals surface area contributed by atoms with Gasteiger partial charge in [0.2, 0.25) is 41.4 Å². The average Bonchev–Trinajstić information content (AvgIpc) is 1.84. The summed E-state index contributed by atoms with van der Waals surface area (Å²) in [6.45, 7) is 13.0. The second kappa shape index (κ2) is 73.7. The number of alkyl carbamates (subject to hydrolysis) is 1. The summed E-state index contributed by atoms with van der Waals surface area (Å²) in [4.78, 5) is 150. The highest BCUT2D eigenvalue weighted by atomic mass is 16.6. The number of aliphatic imine (C=N–C) groups is 1. The zero-order valence-corrected chi connectivity index (χ0v) is 70.8. The Morgan fingerprint density at radius 2 is 0.818 bits per heavy atom. The maximum Gasteiger partial charge on any atom is 0.407 e. The van der Waals surface area contributed by atoms with E-state index in [2.05, 4.69) is 73.4 Å². The van der Waals surface area contributed by atoms with Crippen LogP contribution in [0.4, 0.5) is 20.3 Å². The topological polar surface area (TPSA) is 553 Å². The van der Waals surface area contributed by atoms with Crippen LogP contribution < -0.4 is 75.5 Å². The summed E-state index contributed by atoms with van der Waals surface area (Å²) in [6, 6.07) is 4.02. The largest absolute Gasteiger partial charge is 0.481 e. The highest BCUT2D eigenvalue weighted by molar-refractivity contribution is 5.98. The van der Waals surface area contributed by atoms with Crippen LogP contribution in [0.15, 0.2) is 46.2 Å². The standard InChI is InChI=1S/C80H138N16O25/c1-62-58-69(98)95-77(90-62)96-79(107)87-30-18-11-10-17-29-86-78(106)85-28-16-8-6-4-2-3-5-7-9-19-31-88-80(108)121-57-56-120-55-54-119-53-52-118-51-50-117-49-48-116-47-46-115-45-44-114-43-42-113-41-40-112-39-38-111-37-36-110-35-34-109-33-26-68(97)83-27-20-15-24-65-73(103)92-64(25-21-32-84-76(81)82)72(102)89-61-70(99)91-67(60-71(100)101)75(105)94-66(74(104)93-65)59-63-22-13-12-14-23-63/h12-14,22-23,58,64-67H,2-11,15-21,24-57,59-61H2,1H3,(H,83,97)(H,88,108)(H,89,102)(H,91,99)(H,92,103)(H,93,104)(H,94,105)(H,100,101)(H4,81,82,84)(H2,85,86,106)(H3,87,90,95,96,98,107)/t64-,65+,66-,67+/m1/s1. The van der Waals surface area contributed by atoms with E-state index in [0.717, 1.165) is 64.2 Å². The molecule has 1 aromatic carbocycles. The van der Waals surface area contributed by atoms with E-state index in [0.29, 0.717) is 189 Å². The van der Waals surface area contributed by atoms with Gasteiger partial charge in [-0.1, -0.05) is 94.5 Å². The summed E-state index contributed by atoms with van der Waals surface area (Å²) in [5, 5.41) is 38.9. The van der Waals surface area contributed by atoms with Crippen LogP contribution in [-0.2, 0) is 102 Å². The van der Waals surface area contributed by atoms with E-state index in [1.54, 1.807) is 37.3 Å². The van der Waals surface area contributed by atoms with Gasteiger partial charge in [-0.15, -0.1) is 0 Å². The lowest BCUT2D eigenvalue weighted by atomic mass is 10.0. The van der Waals surface area contributed by atoms with Crippen molar-refractivity contribution in [2.45, 2.75) is 172 Å². The Hall–Kier alpha value is -9.01. The highest BCUT2D eigenvalue weighted by Gasteiger charge is 2.33. The molecule has 1 aromatic heterocycles. The second-order valence-corrected chi connectivity index (χ2v) is 28.0. The third kappa shape index (κ3) is 62.7. The van der Waals surface area contributed by atoms with Gasteiger partial charge < -0.3 is 131 Å². The number of hydrogen-bond donors (Lipinski definition) is 15. The number of carbonyl (C=O) groups is 10. The van der Waals surface area contributed by atoms with E-state index in [4.69, 9.17) is 73.0 Å². The van der Waals surface area contributed by atoms with E-state index in [9.17, 15) is 57.8 Å². The minimum Gasteiger partial charge on any atom is -0.481 e. The summed E-state index contributed by atoms with van der Waals surface area (Å²) < 4.78 is 71.6. The van der Waals surface area contributed by atoms with Crippen LogP contribution in [0.1, 0.15) is 146 Å². The monoisotopic (exact) mass is 1720 g/mol. The Bertz CT molecular complexity index is 3200. The number of guanidine groups is 1. The molecule has 121 heavy (non-hydrogen) atoms. The molecule has 1 aliphatic heterocycles. The molecule has 1 aliphatic rings. The molecule has 41 nitrogen and oxygen atoms in total. The first-order chi connectivity index (χ1) is 58.9. The van der Waals surface area contributed by atoms with Gasteiger partial charge in [0.05, 0.1) is 172 Å². The predicted molar refractivity (Wildman–Crippen MR) is 446 cm³/mol. The number of nitrogens with one attached hydrogen (secondary N) is 12. The van der Waals surface area contributed by atoms with Crippen molar-refractivity contribution >= 4 is 71.5 Å². The molecule has 17 N–H and O–H groups in total. The Morgan fingerprint density at radius 1 is 0.438 bits per heavy atom. The Labute approximate surface area is 709 Å². The minimum atomic E-state index is -1.62. The van der Waals surface area contributed by atoms with Gasteiger partial charge in [-0.3, -0.25) is 53.6 Å². The number of aliphatic carboxylic acids is 1. The second-order valence-electron chi connectivity index (χ2n) is 28.0. The number of carboxylic acid groups (broad SMARTS) is 1. The number of nitrogens with zero attached hydrogens (tertiary/aromatic N) is 2. The molecule has 4 atom stereocenters. The van der Waals surface area contributed by atoms with Crippen molar-refractivity contribution in [1.29, 1.82) is 0 Å². The molecule has 0 unspecified atom stereocenters. The van der Waals surface area contributed by atoms with Gasteiger partial charge in [0.1, 0.15) is 30.8 Å². The summed E-state index contributed by atoms with van der Waals surface area (Å²) in [5.41, 5.74) is 11.7. The van der Waals surface area contributed by atoms with Gasteiger partial charge in [0.15, 0.2) is 5.96 Å². The van der Waals surface area contributed by atoms with Gasteiger partial charge in [0, 0.05) is 63.9 Å². The number of anilines is 1. The normalized spacial score (nSPS) is 15.2. The first kappa shape index (κ1) is 106. The molecule has 41 heteroatoms. The molecular weight excluding hydrogens is 1580 g/mol. The SMILES string of the molecule is Cc1cc(=O)[nH]c(NC(=O)NCCCCCCNC(=O)NCCCCCCCCCCCCNC(=O)OCCOCCOCCOCCOCCOCCOCCOCCOCCOCCOCCOCCOCCC(=O)NCCCC[C@@H]2NC(=O)[C@@H](Cc3ccccc3)NC(=O)[C@H](CC(=O)O)NC(=O)CNC(=O)[C@@H](CCCN=C(N)N)NC2=O)n1. The fourth-order valence-electron chi connectivity index (χ4n) is 11.5. The van der Waals surface area contributed by atoms with E-state index in [1.165, 1.54) is 31.7 Å². The molecule has 11 amide bonds. The molecule has 2 heterocycles. The van der Waals surface area contributed by atoms with Crippen LogP contribution >= 0.6 is 0 Å². The molecule has 688 valence electrons. The number of rotatable bonds is 73. The van der Waals surface area contributed by atoms with Gasteiger partial charge in [-0.2, -0.15) is 0 Å². The van der Waals surface area contributed by atoms with Crippen molar-refractivity contribution in [2.75, 3.05) is 216 Å². The molecule has 0 radical (unpaired) electrons. The van der Waals surface area contributed by atoms with Gasteiger partial charge in [-0.25, -0.2) is 19.4 Å². The molecular formula is C80H138N16O25.